The highest BCUT2D eigenvalue weighted by Gasteiger charge is 2.37. The van der Waals surface area contributed by atoms with Crippen LogP contribution in [0.4, 0.5) is 5.69 Å². The van der Waals surface area contributed by atoms with Gasteiger partial charge in [0.1, 0.15) is 6.10 Å². The Hall–Kier alpha value is -1.95. The van der Waals surface area contributed by atoms with Crippen molar-refractivity contribution >= 4 is 11.7 Å². The lowest BCUT2D eigenvalue weighted by Gasteiger charge is -2.27. The summed E-state index contributed by atoms with van der Waals surface area (Å²) in [7, 11) is 0. The van der Waals surface area contributed by atoms with Crippen LogP contribution in [0.25, 0.3) is 0 Å². The van der Waals surface area contributed by atoms with E-state index in [2.05, 4.69) is 0 Å². The van der Waals surface area contributed by atoms with E-state index < -0.39 is 16.5 Å². The van der Waals surface area contributed by atoms with Crippen molar-refractivity contribution in [3.8, 4) is 0 Å². The minimum absolute atomic E-state index is 0.164. The molecule has 1 fully saturated rings. The summed E-state index contributed by atoms with van der Waals surface area (Å²) < 4.78 is 5.35. The molecule has 1 aliphatic carbocycles. The Morgan fingerprint density at radius 1 is 1.38 bits per heavy atom. The van der Waals surface area contributed by atoms with E-state index in [1.165, 1.54) is 31.2 Å². The Balaban J connectivity index is 2.13. The van der Waals surface area contributed by atoms with Crippen LogP contribution in [-0.4, -0.2) is 22.1 Å². The van der Waals surface area contributed by atoms with Crippen LogP contribution < -0.4 is 0 Å². The van der Waals surface area contributed by atoms with Crippen molar-refractivity contribution in [3.63, 3.8) is 0 Å². The summed E-state index contributed by atoms with van der Waals surface area (Å²) in [4.78, 5) is 22.4. The van der Waals surface area contributed by atoms with Crippen molar-refractivity contribution in [2.75, 3.05) is 0 Å². The topological polar surface area (TPSA) is 89.7 Å². The van der Waals surface area contributed by atoms with E-state index in [1.807, 2.05) is 0 Å². The predicted octanol–water partition coefficient (Wildman–Crippen LogP) is 2.68. The van der Waals surface area contributed by atoms with Crippen LogP contribution in [-0.2, 0) is 15.1 Å². The average molecular weight is 293 g/mol. The Morgan fingerprint density at radius 2 is 2.05 bits per heavy atom. The van der Waals surface area contributed by atoms with Gasteiger partial charge in [0.05, 0.1) is 4.92 Å². The number of hydrogen-bond acceptors (Lipinski definition) is 5. The molecule has 6 nitrogen and oxygen atoms in total. The number of nitrogens with zero attached hydrogens (tertiary/aromatic N) is 1. The first-order valence-electron chi connectivity index (χ1n) is 7.09. The number of nitro groups is 1. The molecule has 1 unspecified atom stereocenters. The molecule has 6 heteroatoms. The molecule has 1 aromatic rings. The minimum atomic E-state index is -1.89. The molecule has 0 amide bonds. The third-order valence-corrected chi connectivity index (χ3v) is 3.84. The van der Waals surface area contributed by atoms with Gasteiger partial charge in [0.2, 0.25) is 0 Å². The number of carbonyl (C=O) groups excluding carboxylic acids is 1. The van der Waals surface area contributed by atoms with Crippen LogP contribution >= 0.6 is 0 Å². The molecule has 0 saturated heterocycles. The highest BCUT2D eigenvalue weighted by atomic mass is 16.6. The van der Waals surface area contributed by atoms with Gasteiger partial charge < -0.3 is 9.84 Å². The number of benzene rings is 1. The maximum absolute atomic E-state index is 12.2. The molecule has 1 atom stereocenters. The van der Waals surface area contributed by atoms with Crippen LogP contribution in [0.15, 0.2) is 24.3 Å². The second-order valence-electron chi connectivity index (χ2n) is 5.54. The van der Waals surface area contributed by atoms with Gasteiger partial charge in [0, 0.05) is 17.7 Å². The average Bonchev–Trinajstić information content (AvgIpc) is 2.48. The molecule has 1 aliphatic rings. The summed E-state index contributed by atoms with van der Waals surface area (Å²) >= 11 is 0. The van der Waals surface area contributed by atoms with Crippen molar-refractivity contribution in [3.05, 3.63) is 39.9 Å². The van der Waals surface area contributed by atoms with Gasteiger partial charge in [-0.15, -0.1) is 0 Å². The van der Waals surface area contributed by atoms with Crippen LogP contribution in [0.2, 0.25) is 0 Å². The quantitative estimate of drug-likeness (QED) is 0.523. The molecular weight excluding hydrogens is 274 g/mol. The zero-order valence-electron chi connectivity index (χ0n) is 11.9. The highest BCUT2D eigenvalue weighted by Crippen LogP contribution is 2.28. The standard InChI is InChI=1S/C15H19NO5/c1-15(18,11-6-5-7-12(10-11)16(19)20)14(17)21-13-8-3-2-4-9-13/h5-7,10,13,18H,2-4,8-9H2,1H3. The fourth-order valence-electron chi connectivity index (χ4n) is 2.49. The number of nitro benzene ring substituents is 1. The Kier molecular flexibility index (Phi) is 4.57. The van der Waals surface area contributed by atoms with Crippen LogP contribution in [0, 0.1) is 10.1 Å². The van der Waals surface area contributed by atoms with Crippen LogP contribution in [0.5, 0.6) is 0 Å². The maximum atomic E-state index is 12.2. The Bertz CT molecular complexity index is 535. The Labute approximate surface area is 122 Å². The van der Waals surface area contributed by atoms with E-state index >= 15 is 0 Å². The van der Waals surface area contributed by atoms with Crippen LogP contribution in [0.1, 0.15) is 44.6 Å². The van der Waals surface area contributed by atoms with Crippen molar-refractivity contribution in [1.82, 2.24) is 0 Å². The molecule has 21 heavy (non-hydrogen) atoms. The van der Waals surface area contributed by atoms with Gasteiger partial charge in [0.15, 0.2) is 5.60 Å². The van der Waals surface area contributed by atoms with E-state index in [0.717, 1.165) is 32.1 Å². The number of aliphatic hydroxyl groups is 1. The van der Waals surface area contributed by atoms with Gasteiger partial charge in [-0.2, -0.15) is 0 Å². The summed E-state index contributed by atoms with van der Waals surface area (Å²) in [6.45, 7) is 1.30. The summed E-state index contributed by atoms with van der Waals surface area (Å²) in [5, 5.41) is 21.2. The van der Waals surface area contributed by atoms with Crippen molar-refractivity contribution in [2.24, 2.45) is 0 Å². The first kappa shape index (κ1) is 15.4. The summed E-state index contributed by atoms with van der Waals surface area (Å²) in [6.07, 6.45) is 4.59. The molecule has 0 radical (unpaired) electrons. The smallest absolute Gasteiger partial charge is 0.342 e. The van der Waals surface area contributed by atoms with Gasteiger partial charge in [-0.3, -0.25) is 10.1 Å². The van der Waals surface area contributed by atoms with Crippen molar-refractivity contribution in [2.45, 2.75) is 50.7 Å². The van der Waals surface area contributed by atoms with Crippen LogP contribution in [0.3, 0.4) is 0 Å². The molecule has 0 aliphatic heterocycles. The molecule has 0 bridgehead atoms. The summed E-state index contributed by atoms with van der Waals surface area (Å²) in [5.74, 6) is -0.755. The molecule has 2 rings (SSSR count). The fraction of sp³-hybridized carbons (Fsp3) is 0.533. The normalized spacial score (nSPS) is 18.8. The predicted molar refractivity (Wildman–Crippen MR) is 75.6 cm³/mol. The highest BCUT2D eigenvalue weighted by molar-refractivity contribution is 5.81. The monoisotopic (exact) mass is 293 g/mol. The Morgan fingerprint density at radius 3 is 2.67 bits per heavy atom. The number of non-ortho nitro benzene ring substituents is 1. The van der Waals surface area contributed by atoms with E-state index in [9.17, 15) is 20.0 Å². The van der Waals surface area contributed by atoms with E-state index in [-0.39, 0.29) is 17.4 Å². The zero-order chi connectivity index (χ0) is 15.5. The first-order chi connectivity index (χ1) is 9.91. The van der Waals surface area contributed by atoms with Crippen molar-refractivity contribution < 1.29 is 19.6 Å². The molecular formula is C15H19NO5. The lowest BCUT2D eigenvalue weighted by molar-refractivity contribution is -0.385. The maximum Gasteiger partial charge on any atom is 0.342 e. The summed E-state index contributed by atoms with van der Waals surface area (Å²) in [5.41, 5.74) is -1.89. The number of hydrogen-bond donors (Lipinski definition) is 1. The van der Waals surface area contributed by atoms with Gasteiger partial charge in [0.25, 0.3) is 5.69 Å². The molecule has 0 heterocycles. The van der Waals surface area contributed by atoms with E-state index in [1.54, 1.807) is 0 Å². The molecule has 1 aromatic carbocycles. The molecule has 0 spiro atoms. The molecule has 1 N–H and O–H groups in total. The third kappa shape index (κ3) is 3.58. The third-order valence-electron chi connectivity index (χ3n) is 3.84. The lowest BCUT2D eigenvalue weighted by atomic mass is 9.94. The van der Waals surface area contributed by atoms with E-state index in [0.29, 0.717) is 0 Å². The number of carbonyl (C=O) groups is 1. The number of rotatable bonds is 4. The summed E-state index contributed by atoms with van der Waals surface area (Å²) in [6, 6.07) is 5.43. The second-order valence-corrected chi connectivity index (χ2v) is 5.54. The fourth-order valence-corrected chi connectivity index (χ4v) is 2.49. The second kappa shape index (κ2) is 6.22. The minimum Gasteiger partial charge on any atom is -0.460 e. The van der Waals surface area contributed by atoms with Crippen molar-refractivity contribution in [1.29, 1.82) is 0 Å². The van der Waals surface area contributed by atoms with Gasteiger partial charge in [-0.25, -0.2) is 4.79 Å². The molecule has 1 saturated carbocycles. The van der Waals surface area contributed by atoms with Gasteiger partial charge in [-0.1, -0.05) is 18.6 Å². The lowest BCUT2D eigenvalue weighted by Crippen LogP contribution is -2.37. The SMILES string of the molecule is CC(O)(C(=O)OC1CCCCC1)c1cccc([N+](=O)[O-])c1. The molecule has 114 valence electrons. The number of ether oxygens (including phenoxy) is 1. The molecule has 0 aromatic heterocycles. The zero-order valence-corrected chi connectivity index (χ0v) is 11.9. The largest absolute Gasteiger partial charge is 0.460 e. The first-order valence-corrected chi connectivity index (χ1v) is 7.09. The van der Waals surface area contributed by atoms with E-state index in [4.69, 9.17) is 4.74 Å². The van der Waals surface area contributed by atoms with Gasteiger partial charge in [-0.05, 0) is 32.6 Å². The number of esters is 1. The van der Waals surface area contributed by atoms with Gasteiger partial charge >= 0.3 is 5.97 Å².